The number of nitrogens with zero attached hydrogens (tertiary/aromatic N) is 1. The summed E-state index contributed by atoms with van der Waals surface area (Å²) in [5, 5.41) is 0.661. The van der Waals surface area contributed by atoms with Gasteiger partial charge in [0.2, 0.25) is 10.0 Å². The number of hydrogen-bond acceptors (Lipinski definition) is 4. The summed E-state index contributed by atoms with van der Waals surface area (Å²) in [6.45, 7) is 0.0121. The van der Waals surface area contributed by atoms with Crippen molar-refractivity contribution in [2.75, 3.05) is 13.6 Å². The molecule has 0 aromatic carbocycles. The summed E-state index contributed by atoms with van der Waals surface area (Å²) >= 11 is 1.30. The van der Waals surface area contributed by atoms with E-state index >= 15 is 0 Å². The number of likely N-dealkylation sites (N-methyl/N-ethyl adjacent to an activating group) is 1. The molecule has 2 atom stereocenters. The molecule has 13 heavy (non-hydrogen) atoms. The van der Waals surface area contributed by atoms with Gasteiger partial charge in [-0.1, -0.05) is 6.08 Å². The molecule has 2 heterocycles. The third-order valence-corrected chi connectivity index (χ3v) is 5.72. The molecule has 72 valence electrons. The van der Waals surface area contributed by atoms with Crippen LogP contribution in [-0.2, 0) is 14.8 Å². The quantitative estimate of drug-likeness (QED) is 0.567. The number of carbonyl (C=O) groups excluding carboxylic acids is 1. The topological polar surface area (TPSA) is 54.5 Å². The highest BCUT2D eigenvalue weighted by Crippen LogP contribution is 2.34. The van der Waals surface area contributed by atoms with Gasteiger partial charge >= 0.3 is 0 Å². The molecule has 0 bridgehead atoms. The molecule has 0 aliphatic carbocycles. The van der Waals surface area contributed by atoms with Crippen molar-refractivity contribution in [3.63, 3.8) is 0 Å². The molecule has 2 aliphatic heterocycles. The standard InChI is InChI=1S/C7H9NO3S2/c1-8-4-5(9)7-6(2-3-12-7)13(8,10)11/h2-3,6-7H,4H2,1H3/t6-,7+/m0/s1. The van der Waals surface area contributed by atoms with Crippen LogP contribution in [0.4, 0.5) is 0 Å². The molecular formula is C7H9NO3S2. The van der Waals surface area contributed by atoms with Gasteiger partial charge < -0.3 is 0 Å². The molecule has 0 unspecified atom stereocenters. The number of hydrogen-bond donors (Lipinski definition) is 0. The van der Waals surface area contributed by atoms with Gasteiger partial charge in [0, 0.05) is 7.05 Å². The van der Waals surface area contributed by atoms with Crippen molar-refractivity contribution in [1.29, 1.82) is 0 Å². The van der Waals surface area contributed by atoms with E-state index in [2.05, 4.69) is 0 Å². The third-order valence-electron chi connectivity index (χ3n) is 2.27. The number of sulfonamides is 1. The van der Waals surface area contributed by atoms with Crippen LogP contribution in [0.25, 0.3) is 0 Å². The Hall–Kier alpha value is -0.330. The maximum absolute atomic E-state index is 11.6. The van der Waals surface area contributed by atoms with E-state index in [-0.39, 0.29) is 12.3 Å². The van der Waals surface area contributed by atoms with Gasteiger partial charge in [0.15, 0.2) is 5.78 Å². The van der Waals surface area contributed by atoms with Gasteiger partial charge in [-0.15, -0.1) is 11.8 Å². The Morgan fingerprint density at radius 2 is 2.31 bits per heavy atom. The van der Waals surface area contributed by atoms with Gasteiger partial charge in [0.25, 0.3) is 0 Å². The first-order valence-electron chi connectivity index (χ1n) is 3.83. The lowest BCUT2D eigenvalue weighted by Crippen LogP contribution is -2.51. The van der Waals surface area contributed by atoms with E-state index in [1.807, 2.05) is 0 Å². The minimum Gasteiger partial charge on any atom is -0.297 e. The molecule has 0 radical (unpaired) electrons. The third kappa shape index (κ3) is 1.24. The van der Waals surface area contributed by atoms with Crippen LogP contribution in [0, 0.1) is 0 Å². The van der Waals surface area contributed by atoms with Crippen LogP contribution < -0.4 is 0 Å². The van der Waals surface area contributed by atoms with Crippen LogP contribution in [0.3, 0.4) is 0 Å². The van der Waals surface area contributed by atoms with Crippen molar-refractivity contribution < 1.29 is 13.2 Å². The number of rotatable bonds is 0. The Kier molecular flexibility index (Phi) is 2.01. The van der Waals surface area contributed by atoms with Crippen molar-refractivity contribution in [3.05, 3.63) is 11.5 Å². The van der Waals surface area contributed by atoms with E-state index in [0.717, 1.165) is 4.31 Å². The lowest BCUT2D eigenvalue weighted by Gasteiger charge is -2.29. The lowest BCUT2D eigenvalue weighted by molar-refractivity contribution is -0.118. The summed E-state index contributed by atoms with van der Waals surface area (Å²) in [5.74, 6) is -0.00248. The number of ketones is 1. The smallest absolute Gasteiger partial charge is 0.222 e. The van der Waals surface area contributed by atoms with Crippen LogP contribution in [-0.4, -0.2) is 42.6 Å². The highest BCUT2D eigenvalue weighted by Gasteiger charge is 2.46. The predicted molar refractivity (Wildman–Crippen MR) is 50.9 cm³/mol. The highest BCUT2D eigenvalue weighted by molar-refractivity contribution is 8.05. The average molecular weight is 219 g/mol. The molecule has 0 aromatic heterocycles. The van der Waals surface area contributed by atoms with Crippen LogP contribution in [0.5, 0.6) is 0 Å². The zero-order valence-corrected chi connectivity index (χ0v) is 8.64. The van der Waals surface area contributed by atoms with Gasteiger partial charge in [-0.25, -0.2) is 8.42 Å². The van der Waals surface area contributed by atoms with Crippen molar-refractivity contribution in [3.8, 4) is 0 Å². The summed E-state index contributed by atoms with van der Waals surface area (Å²) < 4.78 is 24.4. The number of fused-ring (bicyclic) bond motifs is 1. The highest BCUT2D eigenvalue weighted by atomic mass is 32.2. The van der Waals surface area contributed by atoms with E-state index < -0.39 is 20.5 Å². The first kappa shape index (κ1) is 9.23. The Bertz CT molecular complexity index is 373. The van der Waals surface area contributed by atoms with E-state index in [1.165, 1.54) is 18.8 Å². The minimum atomic E-state index is -3.27. The molecule has 2 aliphatic rings. The molecule has 1 fully saturated rings. The number of thioether (sulfide) groups is 1. The maximum Gasteiger partial charge on any atom is 0.222 e. The fourth-order valence-corrected chi connectivity index (χ4v) is 4.59. The zero-order chi connectivity index (χ0) is 9.64. The lowest BCUT2D eigenvalue weighted by atomic mass is 10.2. The van der Waals surface area contributed by atoms with Crippen LogP contribution in [0.1, 0.15) is 0 Å². The van der Waals surface area contributed by atoms with Crippen molar-refractivity contribution >= 4 is 27.6 Å². The Labute approximate surface area is 81.0 Å². The second kappa shape index (κ2) is 2.83. The summed E-state index contributed by atoms with van der Waals surface area (Å²) in [5.41, 5.74) is 0. The van der Waals surface area contributed by atoms with Gasteiger partial charge in [0.1, 0.15) is 5.25 Å². The maximum atomic E-state index is 11.6. The molecule has 2 rings (SSSR count). The first-order chi connectivity index (χ1) is 6.03. The van der Waals surface area contributed by atoms with E-state index in [9.17, 15) is 13.2 Å². The molecule has 0 saturated carbocycles. The fourth-order valence-electron chi connectivity index (χ4n) is 1.51. The normalized spacial score (nSPS) is 37.8. The molecule has 4 nitrogen and oxygen atoms in total. The second-order valence-electron chi connectivity index (χ2n) is 3.12. The molecule has 0 N–H and O–H groups in total. The number of carbonyl (C=O) groups is 1. The summed E-state index contributed by atoms with van der Waals surface area (Å²) in [6.07, 6.45) is 1.60. The summed E-state index contributed by atoms with van der Waals surface area (Å²) in [7, 11) is -1.82. The van der Waals surface area contributed by atoms with Crippen molar-refractivity contribution in [2.45, 2.75) is 10.5 Å². The molecular weight excluding hydrogens is 210 g/mol. The van der Waals surface area contributed by atoms with Crippen LogP contribution in [0.2, 0.25) is 0 Å². The van der Waals surface area contributed by atoms with Crippen LogP contribution >= 0.6 is 11.8 Å². The molecule has 1 saturated heterocycles. The summed E-state index contributed by atoms with van der Waals surface area (Å²) in [4.78, 5) is 11.4. The van der Waals surface area contributed by atoms with Gasteiger partial charge in [-0.2, -0.15) is 4.31 Å². The molecule has 0 spiro atoms. The monoisotopic (exact) mass is 219 g/mol. The molecule has 0 aromatic rings. The Morgan fingerprint density at radius 1 is 1.62 bits per heavy atom. The first-order valence-corrected chi connectivity index (χ1v) is 6.28. The van der Waals surface area contributed by atoms with Crippen molar-refractivity contribution in [2.24, 2.45) is 0 Å². The Balaban J connectivity index is 2.43. The van der Waals surface area contributed by atoms with Crippen LogP contribution in [0.15, 0.2) is 11.5 Å². The zero-order valence-electron chi connectivity index (χ0n) is 7.00. The number of Topliss-reactive ketones (excluding diaryl/α,β-unsaturated/α-hetero) is 1. The summed E-state index contributed by atoms with van der Waals surface area (Å²) in [6, 6.07) is 0. The minimum absolute atomic E-state index is 0.00248. The SMILES string of the molecule is CN1CC(=O)[C@H]2SC=C[C@@H]2S1(=O)=O. The van der Waals surface area contributed by atoms with Gasteiger partial charge in [0.05, 0.1) is 11.8 Å². The predicted octanol–water partition coefficient (Wildman–Crippen LogP) is -0.172. The molecule has 0 amide bonds. The van der Waals surface area contributed by atoms with Gasteiger partial charge in [-0.3, -0.25) is 4.79 Å². The van der Waals surface area contributed by atoms with Crippen molar-refractivity contribution in [1.82, 2.24) is 4.31 Å². The average Bonchev–Trinajstić information content (AvgIpc) is 2.49. The fraction of sp³-hybridized carbons (Fsp3) is 0.571. The van der Waals surface area contributed by atoms with E-state index in [4.69, 9.17) is 0 Å². The molecule has 6 heteroatoms. The second-order valence-corrected chi connectivity index (χ2v) is 6.37. The van der Waals surface area contributed by atoms with E-state index in [0.29, 0.717) is 0 Å². The largest absolute Gasteiger partial charge is 0.297 e. The Morgan fingerprint density at radius 3 is 3.00 bits per heavy atom. The van der Waals surface area contributed by atoms with E-state index in [1.54, 1.807) is 11.5 Å². The van der Waals surface area contributed by atoms with Gasteiger partial charge in [-0.05, 0) is 5.41 Å².